The Balaban J connectivity index is 1.53. The van der Waals surface area contributed by atoms with Crippen molar-refractivity contribution in [3.8, 4) is 5.75 Å². The second-order valence-corrected chi connectivity index (χ2v) is 8.21. The lowest BCUT2D eigenvalue weighted by atomic mass is 10.0. The smallest absolute Gasteiger partial charge is 0.351 e. The molecule has 4 N–H and O–H groups in total. The first kappa shape index (κ1) is 22.8. The van der Waals surface area contributed by atoms with E-state index in [0.29, 0.717) is 21.7 Å². The van der Waals surface area contributed by atoms with Gasteiger partial charge in [-0.3, -0.25) is 9.36 Å². The van der Waals surface area contributed by atoms with Gasteiger partial charge in [-0.15, -0.1) is 0 Å². The number of fused-ring (bicyclic) bond motifs is 1. The van der Waals surface area contributed by atoms with E-state index < -0.39 is 48.2 Å². The predicted octanol–water partition coefficient (Wildman–Crippen LogP) is 1.48. The van der Waals surface area contributed by atoms with Gasteiger partial charge in [-0.1, -0.05) is 6.58 Å². The van der Waals surface area contributed by atoms with Crippen molar-refractivity contribution in [2.75, 3.05) is 17.2 Å². The van der Waals surface area contributed by atoms with Crippen LogP contribution < -0.4 is 21.1 Å². The molecule has 0 bridgehead atoms. The van der Waals surface area contributed by atoms with Crippen molar-refractivity contribution >= 4 is 17.4 Å². The summed E-state index contributed by atoms with van der Waals surface area (Å²) in [6.45, 7) is 6.69. The molecule has 4 rings (SSSR count). The summed E-state index contributed by atoms with van der Waals surface area (Å²) >= 11 is 0. The van der Waals surface area contributed by atoms with Gasteiger partial charge in [0.05, 0.1) is 18.0 Å². The number of carbonyl (C=O) groups excluding carboxylic acids is 1. The summed E-state index contributed by atoms with van der Waals surface area (Å²) in [5.74, 6) is -4.18. The van der Waals surface area contributed by atoms with E-state index in [4.69, 9.17) is 14.6 Å². The third kappa shape index (κ3) is 3.96. The maximum absolute atomic E-state index is 14.3. The quantitative estimate of drug-likeness (QED) is 0.535. The lowest BCUT2D eigenvalue weighted by molar-refractivity contribution is -0.140. The first-order chi connectivity index (χ1) is 15.4. The molecule has 1 aromatic carbocycles. The summed E-state index contributed by atoms with van der Waals surface area (Å²) in [5.41, 5.74) is -0.323. The summed E-state index contributed by atoms with van der Waals surface area (Å²) in [7, 11) is 0. The molecule has 2 aliphatic heterocycles. The zero-order valence-corrected chi connectivity index (χ0v) is 17.7. The van der Waals surface area contributed by atoms with Gasteiger partial charge < -0.3 is 30.3 Å². The lowest BCUT2D eigenvalue weighted by Crippen LogP contribution is -2.41. The van der Waals surface area contributed by atoms with Crippen LogP contribution >= 0.6 is 0 Å². The highest BCUT2D eigenvalue weighted by Crippen LogP contribution is 2.42. The van der Waals surface area contributed by atoms with Crippen LogP contribution in [-0.4, -0.2) is 56.0 Å². The molecule has 176 valence electrons. The molecule has 0 saturated carbocycles. The van der Waals surface area contributed by atoms with Crippen molar-refractivity contribution in [2.24, 2.45) is 0 Å². The summed E-state index contributed by atoms with van der Waals surface area (Å²) in [6, 6.07) is 5.82. The van der Waals surface area contributed by atoms with E-state index in [1.807, 2.05) is 13.8 Å². The minimum atomic E-state index is -3.83. The molecule has 0 radical (unpaired) electrons. The lowest BCUT2D eigenvalue weighted by Gasteiger charge is -2.35. The third-order valence-electron chi connectivity index (χ3n) is 5.50. The molecular weight excluding hydrogens is 442 g/mol. The van der Waals surface area contributed by atoms with Gasteiger partial charge in [0, 0.05) is 11.8 Å². The largest absolute Gasteiger partial charge is 0.479 e. The van der Waals surface area contributed by atoms with Gasteiger partial charge in [-0.25, -0.2) is 4.79 Å². The molecular formula is C21H22F2N4O6. The highest BCUT2D eigenvalue weighted by molar-refractivity contribution is 6.04. The van der Waals surface area contributed by atoms with Gasteiger partial charge in [0.25, 0.3) is 5.91 Å². The molecule has 33 heavy (non-hydrogen) atoms. The van der Waals surface area contributed by atoms with Crippen molar-refractivity contribution in [3.05, 3.63) is 58.8 Å². The third-order valence-corrected chi connectivity index (χ3v) is 5.50. The van der Waals surface area contributed by atoms with Gasteiger partial charge >= 0.3 is 11.6 Å². The maximum atomic E-state index is 14.3. The number of anilines is 2. The topological polar surface area (TPSA) is 135 Å². The monoisotopic (exact) mass is 464 g/mol. The minimum Gasteiger partial charge on any atom is -0.479 e. The number of benzene rings is 1. The van der Waals surface area contributed by atoms with Crippen LogP contribution in [0.3, 0.4) is 0 Å². The number of alkyl halides is 2. The first-order valence-corrected chi connectivity index (χ1v) is 9.96. The number of amides is 1. The molecule has 2 aliphatic rings. The molecule has 1 unspecified atom stereocenters. The molecule has 12 heteroatoms. The van der Waals surface area contributed by atoms with E-state index in [2.05, 4.69) is 22.2 Å². The van der Waals surface area contributed by atoms with Crippen molar-refractivity contribution < 1.29 is 33.3 Å². The van der Waals surface area contributed by atoms with Gasteiger partial charge in [0.2, 0.25) is 6.23 Å². The molecule has 3 heterocycles. The SMILES string of the molecule is C=C1Nc2ccc(C(=O)Nc3ccn(C4O[C@H](CO)[C@@H](O)C4(F)F)c(=O)n3)cc2OC1(C)C. The summed E-state index contributed by atoms with van der Waals surface area (Å²) in [6.07, 6.45) is -5.04. The Bertz CT molecular complexity index is 1180. The Morgan fingerprint density at radius 3 is 2.73 bits per heavy atom. The van der Waals surface area contributed by atoms with Gasteiger partial charge in [0.1, 0.15) is 23.3 Å². The van der Waals surface area contributed by atoms with E-state index in [-0.39, 0.29) is 11.4 Å². The average Bonchev–Trinajstić information content (AvgIpc) is 2.97. The zero-order valence-electron chi connectivity index (χ0n) is 17.7. The fourth-order valence-electron chi connectivity index (χ4n) is 3.47. The number of ether oxygens (including phenoxy) is 2. The average molecular weight is 464 g/mol. The second kappa shape index (κ2) is 7.90. The van der Waals surface area contributed by atoms with Crippen LogP contribution in [0.15, 0.2) is 47.5 Å². The molecule has 10 nitrogen and oxygen atoms in total. The number of aliphatic hydroxyl groups excluding tert-OH is 2. The van der Waals surface area contributed by atoms with Crippen molar-refractivity contribution in [1.29, 1.82) is 0 Å². The number of nitrogens with one attached hydrogen (secondary N) is 2. The molecule has 1 amide bonds. The molecule has 1 saturated heterocycles. The molecule has 3 atom stereocenters. The Labute approximate surface area is 186 Å². The molecule has 2 aromatic rings. The van der Waals surface area contributed by atoms with Crippen molar-refractivity contribution in [2.45, 2.75) is 43.8 Å². The van der Waals surface area contributed by atoms with E-state index in [0.717, 1.165) is 12.3 Å². The van der Waals surface area contributed by atoms with Crippen LogP contribution in [0.25, 0.3) is 0 Å². The van der Waals surface area contributed by atoms with Gasteiger partial charge in [-0.05, 0) is 38.1 Å². The minimum absolute atomic E-state index is 0.174. The number of nitrogens with zero attached hydrogens (tertiary/aromatic N) is 2. The number of halogens is 2. The molecule has 1 fully saturated rings. The van der Waals surface area contributed by atoms with Crippen molar-refractivity contribution in [1.82, 2.24) is 9.55 Å². The Kier molecular flexibility index (Phi) is 5.47. The van der Waals surface area contributed by atoms with Crippen LogP contribution in [0, 0.1) is 0 Å². The van der Waals surface area contributed by atoms with Crippen molar-refractivity contribution in [3.63, 3.8) is 0 Å². The number of hydrogen-bond acceptors (Lipinski definition) is 8. The van der Waals surface area contributed by atoms with E-state index in [1.165, 1.54) is 12.1 Å². The highest BCUT2D eigenvalue weighted by atomic mass is 19.3. The summed E-state index contributed by atoms with van der Waals surface area (Å²) < 4.78 is 39.9. The van der Waals surface area contributed by atoms with Gasteiger partial charge in [-0.2, -0.15) is 13.8 Å². The molecule has 1 aromatic heterocycles. The molecule has 0 aliphatic carbocycles. The van der Waals surface area contributed by atoms with Crippen LogP contribution in [0.4, 0.5) is 20.3 Å². The first-order valence-electron chi connectivity index (χ1n) is 9.96. The standard InChI is InChI=1S/C21H22F2N4O6/c1-10-20(2,3)33-13-8-11(4-5-12(13)24-10)17(30)25-15-6-7-27(19(31)26-15)18-21(22,23)16(29)14(9-28)32-18/h4-8,14,16,18,24,28-29H,1,9H2,2-3H3,(H,25,26,30,31)/t14-,16-,18?/m1/s1. The number of rotatable bonds is 4. The van der Waals surface area contributed by atoms with Crippen LogP contribution in [-0.2, 0) is 4.74 Å². The predicted molar refractivity (Wildman–Crippen MR) is 112 cm³/mol. The fraction of sp³-hybridized carbons (Fsp3) is 0.381. The summed E-state index contributed by atoms with van der Waals surface area (Å²) in [4.78, 5) is 28.6. The number of aromatic nitrogens is 2. The van der Waals surface area contributed by atoms with Crippen LogP contribution in [0.2, 0.25) is 0 Å². The normalized spacial score (nSPS) is 25.0. The zero-order chi connectivity index (χ0) is 24.1. The van der Waals surface area contributed by atoms with Gasteiger partial charge in [0.15, 0.2) is 6.10 Å². The van der Waals surface area contributed by atoms with E-state index >= 15 is 0 Å². The van der Waals surface area contributed by atoms with E-state index in [9.17, 15) is 23.5 Å². The van der Waals surface area contributed by atoms with E-state index in [1.54, 1.807) is 6.07 Å². The fourth-order valence-corrected chi connectivity index (χ4v) is 3.47. The molecule has 0 spiro atoms. The number of carbonyl (C=O) groups is 1. The Morgan fingerprint density at radius 1 is 1.36 bits per heavy atom. The Hall–Kier alpha value is -3.35. The Morgan fingerprint density at radius 2 is 2.09 bits per heavy atom. The number of hydrogen-bond donors (Lipinski definition) is 4. The van der Waals surface area contributed by atoms with Crippen LogP contribution in [0.5, 0.6) is 5.75 Å². The van der Waals surface area contributed by atoms with Crippen LogP contribution in [0.1, 0.15) is 30.4 Å². The summed E-state index contributed by atoms with van der Waals surface area (Å²) in [5, 5.41) is 24.2. The maximum Gasteiger partial charge on any atom is 0.351 e. The highest BCUT2D eigenvalue weighted by Gasteiger charge is 2.59. The number of aliphatic hydroxyl groups is 2. The second-order valence-electron chi connectivity index (χ2n) is 8.21.